The predicted molar refractivity (Wildman–Crippen MR) is 55.3 cm³/mol. The van der Waals surface area contributed by atoms with E-state index >= 15 is 0 Å². The standard InChI is InChI=1S/C10H19N3O/c1-4-5-9(12)10(14)13(3)8(2)6-7-11/h8-9H,4-6,12H2,1-3H3/t8?,9-/m0/s1. The van der Waals surface area contributed by atoms with Gasteiger partial charge in [0.25, 0.3) is 0 Å². The van der Waals surface area contributed by atoms with Gasteiger partial charge in [-0.2, -0.15) is 5.26 Å². The molecule has 0 aliphatic carbocycles. The van der Waals surface area contributed by atoms with Gasteiger partial charge in [0.15, 0.2) is 0 Å². The first-order valence-electron chi connectivity index (χ1n) is 4.93. The van der Waals surface area contributed by atoms with Crippen molar-refractivity contribution in [2.24, 2.45) is 5.73 Å². The molecule has 2 atom stereocenters. The van der Waals surface area contributed by atoms with Gasteiger partial charge >= 0.3 is 0 Å². The summed E-state index contributed by atoms with van der Waals surface area (Å²) in [7, 11) is 1.69. The average molecular weight is 197 g/mol. The van der Waals surface area contributed by atoms with Gasteiger partial charge in [0.05, 0.1) is 18.5 Å². The maximum Gasteiger partial charge on any atom is 0.239 e. The minimum absolute atomic E-state index is 0.0598. The lowest BCUT2D eigenvalue weighted by Gasteiger charge is -2.25. The number of hydrogen-bond donors (Lipinski definition) is 1. The van der Waals surface area contributed by atoms with Crippen LogP contribution in [0.4, 0.5) is 0 Å². The van der Waals surface area contributed by atoms with E-state index in [2.05, 4.69) is 0 Å². The number of nitrogens with zero attached hydrogens (tertiary/aromatic N) is 2. The van der Waals surface area contributed by atoms with Crippen molar-refractivity contribution in [2.45, 2.75) is 45.2 Å². The number of hydrogen-bond acceptors (Lipinski definition) is 3. The van der Waals surface area contributed by atoms with Gasteiger partial charge < -0.3 is 10.6 Å². The molecule has 0 saturated carbocycles. The molecular formula is C10H19N3O. The number of rotatable bonds is 5. The molecule has 1 amide bonds. The molecule has 0 heterocycles. The van der Waals surface area contributed by atoms with Crippen molar-refractivity contribution < 1.29 is 4.79 Å². The quantitative estimate of drug-likeness (QED) is 0.711. The van der Waals surface area contributed by atoms with Crippen LogP contribution in [-0.2, 0) is 4.79 Å². The fourth-order valence-electron chi connectivity index (χ4n) is 1.18. The zero-order valence-corrected chi connectivity index (χ0v) is 9.16. The van der Waals surface area contributed by atoms with Crippen LogP contribution in [0.5, 0.6) is 0 Å². The number of likely N-dealkylation sites (N-methyl/N-ethyl adjacent to an activating group) is 1. The van der Waals surface area contributed by atoms with E-state index in [0.29, 0.717) is 12.8 Å². The van der Waals surface area contributed by atoms with Crippen molar-refractivity contribution in [1.29, 1.82) is 5.26 Å². The summed E-state index contributed by atoms with van der Waals surface area (Å²) < 4.78 is 0. The van der Waals surface area contributed by atoms with Crippen LogP contribution in [0, 0.1) is 11.3 Å². The van der Waals surface area contributed by atoms with Crippen molar-refractivity contribution in [3.8, 4) is 6.07 Å². The van der Waals surface area contributed by atoms with Gasteiger partial charge in [-0.1, -0.05) is 13.3 Å². The Morgan fingerprint density at radius 2 is 2.21 bits per heavy atom. The van der Waals surface area contributed by atoms with E-state index in [1.165, 1.54) is 0 Å². The molecule has 4 heteroatoms. The monoisotopic (exact) mass is 197 g/mol. The fourth-order valence-corrected chi connectivity index (χ4v) is 1.18. The molecule has 0 fully saturated rings. The zero-order chi connectivity index (χ0) is 11.1. The van der Waals surface area contributed by atoms with Gasteiger partial charge in [0.2, 0.25) is 5.91 Å². The highest BCUT2D eigenvalue weighted by atomic mass is 16.2. The Morgan fingerprint density at radius 1 is 1.64 bits per heavy atom. The SMILES string of the molecule is CCC[C@H](N)C(=O)N(C)C(C)CC#N. The molecule has 1 unspecified atom stereocenters. The second-order valence-corrected chi connectivity index (χ2v) is 3.56. The Kier molecular flexibility index (Phi) is 5.89. The lowest BCUT2D eigenvalue weighted by molar-refractivity contribution is -0.133. The van der Waals surface area contributed by atoms with Gasteiger partial charge in [-0.25, -0.2) is 0 Å². The molecular weight excluding hydrogens is 178 g/mol. The molecule has 0 aromatic heterocycles. The number of carbonyl (C=O) groups excluding carboxylic acids is 1. The molecule has 80 valence electrons. The van der Waals surface area contributed by atoms with E-state index in [9.17, 15) is 4.79 Å². The minimum atomic E-state index is -0.425. The highest BCUT2D eigenvalue weighted by Crippen LogP contribution is 2.04. The Morgan fingerprint density at radius 3 is 2.64 bits per heavy atom. The molecule has 0 aromatic carbocycles. The zero-order valence-electron chi connectivity index (χ0n) is 9.16. The van der Waals surface area contributed by atoms with Gasteiger partial charge in [0.1, 0.15) is 0 Å². The molecule has 4 nitrogen and oxygen atoms in total. The molecule has 0 saturated heterocycles. The number of amides is 1. The van der Waals surface area contributed by atoms with Crippen LogP contribution in [-0.4, -0.2) is 29.9 Å². The van der Waals surface area contributed by atoms with E-state index in [1.807, 2.05) is 19.9 Å². The maximum absolute atomic E-state index is 11.6. The molecule has 2 N–H and O–H groups in total. The van der Waals surface area contributed by atoms with Crippen LogP contribution < -0.4 is 5.73 Å². The summed E-state index contributed by atoms with van der Waals surface area (Å²) >= 11 is 0. The summed E-state index contributed by atoms with van der Waals surface area (Å²) in [5, 5.41) is 8.49. The Labute approximate surface area is 85.7 Å². The summed E-state index contributed by atoms with van der Waals surface area (Å²) in [5.74, 6) is -0.0744. The molecule has 0 aliphatic heterocycles. The van der Waals surface area contributed by atoms with E-state index in [-0.39, 0.29) is 11.9 Å². The Hall–Kier alpha value is -1.08. The third-order valence-corrected chi connectivity index (χ3v) is 2.31. The highest BCUT2D eigenvalue weighted by Gasteiger charge is 2.20. The number of carbonyl (C=O) groups is 1. The second kappa shape index (κ2) is 6.39. The predicted octanol–water partition coefficient (Wildman–Crippen LogP) is 0.874. The summed E-state index contributed by atoms with van der Waals surface area (Å²) in [6.45, 7) is 3.84. The smallest absolute Gasteiger partial charge is 0.239 e. The lowest BCUT2D eigenvalue weighted by atomic mass is 10.1. The largest absolute Gasteiger partial charge is 0.341 e. The van der Waals surface area contributed by atoms with Crippen molar-refractivity contribution in [3.05, 3.63) is 0 Å². The normalized spacial score (nSPS) is 14.2. The van der Waals surface area contributed by atoms with E-state index in [0.717, 1.165) is 6.42 Å². The van der Waals surface area contributed by atoms with Gasteiger partial charge in [-0.15, -0.1) is 0 Å². The van der Waals surface area contributed by atoms with Crippen LogP contribution in [0.1, 0.15) is 33.1 Å². The summed E-state index contributed by atoms with van der Waals surface area (Å²) in [5.41, 5.74) is 5.69. The minimum Gasteiger partial charge on any atom is -0.341 e. The first-order valence-corrected chi connectivity index (χ1v) is 4.93. The Bertz CT molecular complexity index is 222. The fraction of sp³-hybridized carbons (Fsp3) is 0.800. The van der Waals surface area contributed by atoms with Gasteiger partial charge in [-0.3, -0.25) is 4.79 Å². The van der Waals surface area contributed by atoms with Gasteiger partial charge in [-0.05, 0) is 13.3 Å². The topological polar surface area (TPSA) is 70.1 Å². The molecule has 0 aromatic rings. The summed E-state index contributed by atoms with van der Waals surface area (Å²) in [4.78, 5) is 13.2. The number of nitriles is 1. The van der Waals surface area contributed by atoms with Crippen LogP contribution in [0.2, 0.25) is 0 Å². The molecule has 14 heavy (non-hydrogen) atoms. The first kappa shape index (κ1) is 12.9. The van der Waals surface area contributed by atoms with Gasteiger partial charge in [0, 0.05) is 13.1 Å². The third-order valence-electron chi connectivity index (χ3n) is 2.31. The molecule has 0 radical (unpaired) electrons. The number of nitrogens with two attached hydrogens (primary N) is 1. The average Bonchev–Trinajstić information content (AvgIpc) is 2.16. The van der Waals surface area contributed by atoms with Crippen LogP contribution in [0.3, 0.4) is 0 Å². The van der Waals surface area contributed by atoms with Crippen LogP contribution >= 0.6 is 0 Å². The van der Waals surface area contributed by atoms with Crippen molar-refractivity contribution in [3.63, 3.8) is 0 Å². The van der Waals surface area contributed by atoms with E-state index < -0.39 is 6.04 Å². The van der Waals surface area contributed by atoms with Crippen LogP contribution in [0.15, 0.2) is 0 Å². The van der Waals surface area contributed by atoms with Crippen molar-refractivity contribution in [1.82, 2.24) is 4.90 Å². The molecule has 0 rings (SSSR count). The third kappa shape index (κ3) is 3.75. The second-order valence-electron chi connectivity index (χ2n) is 3.56. The summed E-state index contributed by atoms with van der Waals surface area (Å²) in [6.07, 6.45) is 1.94. The Balaban J connectivity index is 4.17. The van der Waals surface area contributed by atoms with Crippen molar-refractivity contribution in [2.75, 3.05) is 7.05 Å². The highest BCUT2D eigenvalue weighted by molar-refractivity contribution is 5.81. The molecule has 0 aliphatic rings. The van der Waals surface area contributed by atoms with E-state index in [4.69, 9.17) is 11.0 Å². The maximum atomic E-state index is 11.6. The first-order chi connectivity index (χ1) is 6.54. The summed E-state index contributed by atoms with van der Waals surface area (Å²) in [6, 6.07) is 1.55. The van der Waals surface area contributed by atoms with Crippen molar-refractivity contribution >= 4 is 5.91 Å². The molecule has 0 spiro atoms. The lowest BCUT2D eigenvalue weighted by Crippen LogP contribution is -2.45. The molecule has 0 bridgehead atoms. The van der Waals surface area contributed by atoms with Crippen LogP contribution in [0.25, 0.3) is 0 Å². The van der Waals surface area contributed by atoms with E-state index in [1.54, 1.807) is 11.9 Å².